The third-order valence-corrected chi connectivity index (χ3v) is 4.58. The van der Waals surface area contributed by atoms with Crippen molar-refractivity contribution in [3.05, 3.63) is 90.5 Å². The van der Waals surface area contributed by atoms with E-state index in [1.165, 1.54) is 18.2 Å². The fourth-order valence-electron chi connectivity index (χ4n) is 3.21. The predicted octanol–water partition coefficient (Wildman–Crippen LogP) is 4.58. The van der Waals surface area contributed by atoms with E-state index in [-0.39, 0.29) is 11.4 Å². The average Bonchev–Trinajstić information content (AvgIpc) is 3.12. The molecule has 0 spiro atoms. The lowest BCUT2D eigenvalue weighted by Crippen LogP contribution is -2.24. The quantitative estimate of drug-likeness (QED) is 0.402. The minimum absolute atomic E-state index is 0.218. The first-order chi connectivity index (χ1) is 14.1. The highest BCUT2D eigenvalue weighted by atomic mass is 19.1. The van der Waals surface area contributed by atoms with Crippen LogP contribution in [0, 0.1) is 5.82 Å². The van der Waals surface area contributed by atoms with E-state index in [0.717, 1.165) is 17.1 Å². The van der Waals surface area contributed by atoms with Crippen LogP contribution in [0.2, 0.25) is 0 Å². The molecule has 0 radical (unpaired) electrons. The number of fused-ring (bicyclic) bond motifs is 1. The van der Waals surface area contributed by atoms with Gasteiger partial charge in [0.05, 0.1) is 7.11 Å². The van der Waals surface area contributed by atoms with E-state index in [1.54, 1.807) is 35.9 Å². The SMILES string of the molecule is COc1ccc(-c2cc3ccccn3c2C(=O)C(=O)Nc2cccc(F)c2)cc1. The second-order valence-electron chi connectivity index (χ2n) is 6.42. The number of nitrogens with one attached hydrogen (secondary N) is 1. The molecule has 144 valence electrons. The maximum atomic E-state index is 13.4. The Balaban J connectivity index is 1.76. The zero-order valence-electron chi connectivity index (χ0n) is 15.6. The number of Topliss-reactive ketones (excluding diaryl/α,β-unsaturated/α-hetero) is 1. The Morgan fingerprint density at radius 3 is 2.48 bits per heavy atom. The van der Waals surface area contributed by atoms with Crippen molar-refractivity contribution in [2.45, 2.75) is 0 Å². The number of anilines is 1. The lowest BCUT2D eigenvalue weighted by molar-refractivity contribution is -0.112. The van der Waals surface area contributed by atoms with Gasteiger partial charge in [-0.3, -0.25) is 9.59 Å². The van der Waals surface area contributed by atoms with Gasteiger partial charge >= 0.3 is 0 Å². The topological polar surface area (TPSA) is 59.8 Å². The summed E-state index contributed by atoms with van der Waals surface area (Å²) in [6.07, 6.45) is 1.73. The Bertz CT molecular complexity index is 1210. The molecule has 4 rings (SSSR count). The molecule has 2 aromatic carbocycles. The van der Waals surface area contributed by atoms with Gasteiger partial charge in [-0.05, 0) is 54.1 Å². The summed E-state index contributed by atoms with van der Waals surface area (Å²) in [6.45, 7) is 0. The Morgan fingerprint density at radius 2 is 1.76 bits per heavy atom. The summed E-state index contributed by atoms with van der Waals surface area (Å²) in [6, 6.07) is 20.0. The fourth-order valence-corrected chi connectivity index (χ4v) is 3.21. The fraction of sp³-hybridized carbons (Fsp3) is 0.0435. The summed E-state index contributed by atoms with van der Waals surface area (Å²) in [7, 11) is 1.58. The molecule has 0 aliphatic rings. The van der Waals surface area contributed by atoms with E-state index in [2.05, 4.69) is 5.32 Å². The van der Waals surface area contributed by atoms with Crippen LogP contribution in [0.4, 0.5) is 10.1 Å². The van der Waals surface area contributed by atoms with Crippen LogP contribution in [-0.4, -0.2) is 23.2 Å². The van der Waals surface area contributed by atoms with Crippen molar-refractivity contribution in [1.29, 1.82) is 0 Å². The van der Waals surface area contributed by atoms with E-state index in [1.807, 2.05) is 30.3 Å². The number of carbonyl (C=O) groups excluding carboxylic acids is 2. The monoisotopic (exact) mass is 388 g/mol. The normalized spacial score (nSPS) is 10.7. The molecule has 2 heterocycles. The second-order valence-corrected chi connectivity index (χ2v) is 6.42. The maximum absolute atomic E-state index is 13.4. The van der Waals surface area contributed by atoms with Crippen molar-refractivity contribution in [3.63, 3.8) is 0 Å². The van der Waals surface area contributed by atoms with Crippen molar-refractivity contribution < 1.29 is 18.7 Å². The molecule has 29 heavy (non-hydrogen) atoms. The molecule has 1 amide bonds. The number of aromatic nitrogens is 1. The third kappa shape index (κ3) is 3.60. The second kappa shape index (κ2) is 7.59. The molecule has 6 heteroatoms. The van der Waals surface area contributed by atoms with Crippen molar-refractivity contribution in [1.82, 2.24) is 4.40 Å². The van der Waals surface area contributed by atoms with Crippen molar-refractivity contribution >= 4 is 22.9 Å². The van der Waals surface area contributed by atoms with E-state index < -0.39 is 17.5 Å². The molecule has 5 nitrogen and oxygen atoms in total. The number of ketones is 1. The summed E-state index contributed by atoms with van der Waals surface area (Å²) < 4.78 is 20.3. The van der Waals surface area contributed by atoms with Gasteiger partial charge in [-0.25, -0.2) is 4.39 Å². The molecule has 0 saturated carbocycles. The number of ether oxygens (including phenoxy) is 1. The molecular formula is C23H17FN2O3. The first-order valence-corrected chi connectivity index (χ1v) is 8.92. The van der Waals surface area contributed by atoms with Crippen molar-refractivity contribution in [2.24, 2.45) is 0 Å². The van der Waals surface area contributed by atoms with Gasteiger partial charge in [0.1, 0.15) is 17.3 Å². The van der Waals surface area contributed by atoms with Crippen LogP contribution in [0.15, 0.2) is 79.0 Å². The molecule has 0 atom stereocenters. The standard InChI is InChI=1S/C23H17FN2O3/c1-29-19-10-8-15(9-11-19)20-14-18-7-2-3-12-26(18)21(20)22(27)23(28)25-17-6-4-5-16(24)13-17/h2-14H,1H3,(H,25,28). The first kappa shape index (κ1) is 18.4. The summed E-state index contributed by atoms with van der Waals surface area (Å²) in [5.41, 5.74) is 2.63. The number of amides is 1. The number of pyridine rings is 1. The predicted molar refractivity (Wildman–Crippen MR) is 109 cm³/mol. The number of halogens is 1. The van der Waals surface area contributed by atoms with Crippen LogP contribution in [0.1, 0.15) is 10.5 Å². The number of carbonyl (C=O) groups is 2. The number of hydrogen-bond donors (Lipinski definition) is 1. The molecule has 0 fully saturated rings. The van der Waals surface area contributed by atoms with Gasteiger partial charge in [0.25, 0.3) is 11.7 Å². The van der Waals surface area contributed by atoms with Gasteiger partial charge in [-0.1, -0.05) is 24.3 Å². The van der Waals surface area contributed by atoms with E-state index >= 15 is 0 Å². The minimum atomic E-state index is -0.839. The molecule has 0 bridgehead atoms. The number of hydrogen-bond acceptors (Lipinski definition) is 3. The lowest BCUT2D eigenvalue weighted by atomic mass is 10.0. The van der Waals surface area contributed by atoms with Crippen LogP contribution in [0.5, 0.6) is 5.75 Å². The smallest absolute Gasteiger partial charge is 0.298 e. The Hall–Kier alpha value is -3.93. The van der Waals surface area contributed by atoms with Gasteiger partial charge in [-0.15, -0.1) is 0 Å². The number of rotatable bonds is 5. The van der Waals surface area contributed by atoms with E-state index in [0.29, 0.717) is 11.3 Å². The van der Waals surface area contributed by atoms with Gasteiger partial charge < -0.3 is 14.5 Å². The molecule has 0 unspecified atom stereocenters. The lowest BCUT2D eigenvalue weighted by Gasteiger charge is -2.08. The first-order valence-electron chi connectivity index (χ1n) is 8.92. The Kier molecular flexibility index (Phi) is 4.83. The van der Waals surface area contributed by atoms with Crippen LogP contribution >= 0.6 is 0 Å². The number of benzene rings is 2. The van der Waals surface area contributed by atoms with Gasteiger partial charge in [0.15, 0.2) is 0 Å². The van der Waals surface area contributed by atoms with Crippen molar-refractivity contribution in [3.8, 4) is 16.9 Å². The average molecular weight is 388 g/mol. The Morgan fingerprint density at radius 1 is 0.966 bits per heavy atom. The van der Waals surface area contributed by atoms with Crippen LogP contribution in [0.3, 0.4) is 0 Å². The number of nitrogens with zero attached hydrogens (tertiary/aromatic N) is 1. The summed E-state index contributed by atoms with van der Waals surface area (Å²) in [5, 5.41) is 2.47. The molecule has 0 aliphatic carbocycles. The molecule has 0 saturated heterocycles. The molecule has 1 N–H and O–H groups in total. The van der Waals surface area contributed by atoms with Crippen LogP contribution in [-0.2, 0) is 4.79 Å². The van der Waals surface area contributed by atoms with Crippen LogP contribution < -0.4 is 10.1 Å². The van der Waals surface area contributed by atoms with Crippen LogP contribution in [0.25, 0.3) is 16.6 Å². The van der Waals surface area contributed by atoms with Crippen molar-refractivity contribution in [2.75, 3.05) is 12.4 Å². The zero-order chi connectivity index (χ0) is 20.4. The number of methoxy groups -OCH3 is 1. The zero-order valence-corrected chi connectivity index (χ0v) is 15.6. The largest absolute Gasteiger partial charge is 0.497 e. The van der Waals surface area contributed by atoms with E-state index in [4.69, 9.17) is 4.74 Å². The summed E-state index contributed by atoms with van der Waals surface area (Å²) in [4.78, 5) is 25.7. The molecule has 0 aliphatic heterocycles. The molecule has 2 aromatic heterocycles. The third-order valence-electron chi connectivity index (χ3n) is 4.58. The highest BCUT2D eigenvalue weighted by Crippen LogP contribution is 2.30. The van der Waals surface area contributed by atoms with Gasteiger partial charge in [-0.2, -0.15) is 0 Å². The van der Waals surface area contributed by atoms with Gasteiger partial charge in [0, 0.05) is 23.0 Å². The minimum Gasteiger partial charge on any atom is -0.497 e. The summed E-state index contributed by atoms with van der Waals surface area (Å²) in [5.74, 6) is -1.36. The summed E-state index contributed by atoms with van der Waals surface area (Å²) >= 11 is 0. The highest BCUT2D eigenvalue weighted by molar-refractivity contribution is 6.47. The van der Waals surface area contributed by atoms with E-state index in [9.17, 15) is 14.0 Å². The molecular weight excluding hydrogens is 371 g/mol. The van der Waals surface area contributed by atoms with Gasteiger partial charge in [0.2, 0.25) is 0 Å². The Labute approximate surface area is 166 Å². The molecule has 4 aromatic rings. The highest BCUT2D eigenvalue weighted by Gasteiger charge is 2.25. The maximum Gasteiger partial charge on any atom is 0.298 e.